The molecule has 0 saturated carbocycles. The summed E-state index contributed by atoms with van der Waals surface area (Å²) in [6.45, 7) is 7.07. The number of hydrogen-bond donors (Lipinski definition) is 1. The lowest BCUT2D eigenvalue weighted by Crippen LogP contribution is -2.15. The van der Waals surface area contributed by atoms with E-state index in [0.29, 0.717) is 0 Å². The molecule has 0 spiro atoms. The van der Waals surface area contributed by atoms with E-state index in [1.165, 1.54) is 19.3 Å². The second-order valence-electron chi connectivity index (χ2n) is 4.57. The molecule has 0 amide bonds. The van der Waals surface area contributed by atoms with E-state index in [9.17, 15) is 0 Å². The average molecular weight is 250 g/mol. The van der Waals surface area contributed by atoms with Gasteiger partial charge in [-0.05, 0) is 25.5 Å². The number of hydrogen-bond acceptors (Lipinski definition) is 3. The van der Waals surface area contributed by atoms with Gasteiger partial charge in [0.15, 0.2) is 0 Å². The van der Waals surface area contributed by atoms with E-state index in [1.807, 2.05) is 12.3 Å². The van der Waals surface area contributed by atoms with Crippen LogP contribution < -0.4 is 10.1 Å². The van der Waals surface area contributed by atoms with Crippen molar-refractivity contribution >= 4 is 0 Å². The van der Waals surface area contributed by atoms with Gasteiger partial charge < -0.3 is 10.1 Å². The first kappa shape index (κ1) is 15.0. The van der Waals surface area contributed by atoms with E-state index in [-0.39, 0.29) is 0 Å². The zero-order valence-corrected chi connectivity index (χ0v) is 11.7. The summed E-state index contributed by atoms with van der Waals surface area (Å²) in [4.78, 5) is 4.16. The van der Waals surface area contributed by atoms with E-state index >= 15 is 0 Å². The minimum atomic E-state index is 0.810. The molecule has 0 radical (unpaired) electrons. The summed E-state index contributed by atoms with van der Waals surface area (Å²) < 4.78 is 5.83. The Bertz CT molecular complexity index is 315. The molecule has 3 heteroatoms. The Balaban J connectivity index is 2.33. The van der Waals surface area contributed by atoms with Gasteiger partial charge in [0.05, 0.1) is 6.61 Å². The average Bonchev–Trinajstić information content (AvgIpc) is 2.40. The summed E-state index contributed by atoms with van der Waals surface area (Å²) in [7, 11) is 0. The van der Waals surface area contributed by atoms with E-state index in [0.717, 1.165) is 43.9 Å². The van der Waals surface area contributed by atoms with Crippen molar-refractivity contribution in [1.29, 1.82) is 0 Å². The Morgan fingerprint density at radius 1 is 1.17 bits per heavy atom. The number of rotatable bonds is 10. The van der Waals surface area contributed by atoms with Crippen LogP contribution in [0.15, 0.2) is 18.5 Å². The number of nitrogens with one attached hydrogen (secondary N) is 1. The van der Waals surface area contributed by atoms with Crippen molar-refractivity contribution in [3.05, 3.63) is 24.0 Å². The van der Waals surface area contributed by atoms with Crippen molar-refractivity contribution in [2.24, 2.45) is 0 Å². The largest absolute Gasteiger partial charge is 0.493 e. The van der Waals surface area contributed by atoms with Gasteiger partial charge in [-0.1, -0.05) is 33.1 Å². The van der Waals surface area contributed by atoms with Crippen LogP contribution in [0.2, 0.25) is 0 Å². The first-order valence-corrected chi connectivity index (χ1v) is 7.14. The maximum Gasteiger partial charge on any atom is 0.126 e. The molecule has 1 aromatic heterocycles. The Kier molecular flexibility index (Phi) is 8.23. The summed E-state index contributed by atoms with van der Waals surface area (Å²) in [5.74, 6) is 0.977. The molecule has 3 nitrogen and oxygen atoms in total. The lowest BCUT2D eigenvalue weighted by molar-refractivity contribution is 0.301. The molecular weight excluding hydrogens is 224 g/mol. The molecule has 1 heterocycles. The molecule has 0 fully saturated rings. The molecule has 0 aliphatic heterocycles. The fraction of sp³-hybridized carbons (Fsp3) is 0.667. The van der Waals surface area contributed by atoms with E-state index in [1.54, 1.807) is 6.20 Å². The predicted octanol–water partition coefficient (Wildman–Crippen LogP) is 3.54. The second-order valence-corrected chi connectivity index (χ2v) is 4.57. The van der Waals surface area contributed by atoms with Crippen LogP contribution in [0.5, 0.6) is 5.75 Å². The van der Waals surface area contributed by atoms with E-state index in [4.69, 9.17) is 4.74 Å². The predicted molar refractivity (Wildman–Crippen MR) is 75.9 cm³/mol. The van der Waals surface area contributed by atoms with E-state index in [2.05, 4.69) is 24.1 Å². The van der Waals surface area contributed by atoms with Crippen LogP contribution in [0.25, 0.3) is 0 Å². The van der Waals surface area contributed by atoms with Crippen LogP contribution in [0, 0.1) is 0 Å². The third-order valence-corrected chi connectivity index (χ3v) is 2.86. The summed E-state index contributed by atoms with van der Waals surface area (Å²) in [5.41, 5.74) is 1.15. The first-order chi connectivity index (χ1) is 8.88. The Hall–Kier alpha value is -1.09. The minimum Gasteiger partial charge on any atom is -0.493 e. The van der Waals surface area contributed by atoms with Gasteiger partial charge in [-0.2, -0.15) is 0 Å². The highest BCUT2D eigenvalue weighted by Gasteiger charge is 2.02. The topological polar surface area (TPSA) is 34.1 Å². The van der Waals surface area contributed by atoms with Crippen LogP contribution in [-0.4, -0.2) is 18.1 Å². The highest BCUT2D eigenvalue weighted by molar-refractivity contribution is 5.29. The molecule has 102 valence electrons. The van der Waals surface area contributed by atoms with Gasteiger partial charge in [-0.15, -0.1) is 0 Å². The lowest BCUT2D eigenvalue weighted by atomic mass is 10.2. The molecule has 1 aromatic rings. The summed E-state index contributed by atoms with van der Waals surface area (Å²) >= 11 is 0. The lowest BCUT2D eigenvalue weighted by Gasteiger charge is -2.11. The molecule has 0 atom stereocenters. The van der Waals surface area contributed by atoms with Crippen LogP contribution in [-0.2, 0) is 6.54 Å². The molecule has 0 unspecified atom stereocenters. The molecule has 0 aromatic carbocycles. The van der Waals surface area contributed by atoms with Gasteiger partial charge in [0, 0.05) is 24.5 Å². The maximum absolute atomic E-state index is 5.83. The van der Waals surface area contributed by atoms with Crippen LogP contribution in [0.3, 0.4) is 0 Å². The Morgan fingerprint density at radius 2 is 2.06 bits per heavy atom. The fourth-order valence-electron chi connectivity index (χ4n) is 1.80. The molecule has 1 rings (SSSR count). The Morgan fingerprint density at radius 3 is 2.83 bits per heavy atom. The minimum absolute atomic E-state index is 0.810. The third kappa shape index (κ3) is 6.01. The number of aromatic nitrogens is 1. The fourth-order valence-corrected chi connectivity index (χ4v) is 1.80. The molecular formula is C15H26N2O. The Labute approximate surface area is 111 Å². The van der Waals surface area contributed by atoms with Crippen LogP contribution in [0.4, 0.5) is 0 Å². The highest BCUT2D eigenvalue weighted by Crippen LogP contribution is 2.16. The zero-order chi connectivity index (χ0) is 13.1. The van der Waals surface area contributed by atoms with Crippen LogP contribution >= 0.6 is 0 Å². The first-order valence-electron chi connectivity index (χ1n) is 7.14. The van der Waals surface area contributed by atoms with Crippen molar-refractivity contribution in [2.75, 3.05) is 13.2 Å². The zero-order valence-electron chi connectivity index (χ0n) is 11.7. The van der Waals surface area contributed by atoms with Gasteiger partial charge in [-0.3, -0.25) is 4.98 Å². The molecule has 18 heavy (non-hydrogen) atoms. The SMILES string of the molecule is CCCCCCOc1ccncc1CNCCC. The van der Waals surface area contributed by atoms with Crippen LogP contribution in [0.1, 0.15) is 51.5 Å². The number of ether oxygens (including phenoxy) is 1. The summed E-state index contributed by atoms with van der Waals surface area (Å²) in [5, 5.41) is 3.38. The van der Waals surface area contributed by atoms with E-state index < -0.39 is 0 Å². The standard InChI is InChI=1S/C15H26N2O/c1-3-5-6-7-11-18-15-8-10-17-13-14(15)12-16-9-4-2/h8,10,13,16H,3-7,9,11-12H2,1-2H3. The normalized spacial score (nSPS) is 10.6. The molecule has 0 aliphatic rings. The van der Waals surface area contributed by atoms with Gasteiger partial charge >= 0.3 is 0 Å². The third-order valence-electron chi connectivity index (χ3n) is 2.86. The molecule has 0 aliphatic carbocycles. The van der Waals surface area contributed by atoms with Crippen molar-refractivity contribution in [1.82, 2.24) is 10.3 Å². The smallest absolute Gasteiger partial charge is 0.126 e. The molecule has 0 saturated heterocycles. The van der Waals surface area contributed by atoms with Gasteiger partial charge in [-0.25, -0.2) is 0 Å². The molecule has 0 bridgehead atoms. The van der Waals surface area contributed by atoms with Crippen molar-refractivity contribution < 1.29 is 4.74 Å². The number of pyridine rings is 1. The number of unbranched alkanes of at least 4 members (excludes halogenated alkanes) is 3. The second kappa shape index (κ2) is 9.89. The quantitative estimate of drug-likeness (QED) is 0.645. The van der Waals surface area contributed by atoms with Gasteiger partial charge in [0.1, 0.15) is 5.75 Å². The van der Waals surface area contributed by atoms with Crippen molar-refractivity contribution in [3.8, 4) is 5.75 Å². The van der Waals surface area contributed by atoms with Crippen molar-refractivity contribution in [2.45, 2.75) is 52.5 Å². The maximum atomic E-state index is 5.83. The number of nitrogens with zero attached hydrogens (tertiary/aromatic N) is 1. The summed E-state index contributed by atoms with van der Waals surface area (Å²) in [6.07, 6.45) is 9.79. The monoisotopic (exact) mass is 250 g/mol. The van der Waals surface area contributed by atoms with Gasteiger partial charge in [0.2, 0.25) is 0 Å². The van der Waals surface area contributed by atoms with Crippen molar-refractivity contribution in [3.63, 3.8) is 0 Å². The van der Waals surface area contributed by atoms with Gasteiger partial charge in [0.25, 0.3) is 0 Å². The highest BCUT2D eigenvalue weighted by atomic mass is 16.5. The summed E-state index contributed by atoms with van der Waals surface area (Å²) in [6, 6.07) is 1.96. The molecule has 1 N–H and O–H groups in total.